The van der Waals surface area contributed by atoms with Crippen molar-refractivity contribution in [1.29, 1.82) is 0 Å². The summed E-state index contributed by atoms with van der Waals surface area (Å²) in [5.41, 5.74) is 1.72. The van der Waals surface area contributed by atoms with E-state index in [0.717, 1.165) is 24.2 Å². The molecule has 0 radical (unpaired) electrons. The van der Waals surface area contributed by atoms with Crippen molar-refractivity contribution in [2.45, 2.75) is 82.9 Å². The van der Waals surface area contributed by atoms with E-state index in [2.05, 4.69) is 24.8 Å². The van der Waals surface area contributed by atoms with Gasteiger partial charge in [-0.3, -0.25) is 9.69 Å². The number of hydrogen-bond acceptors (Lipinski definition) is 3. The minimum Gasteiger partial charge on any atom is -0.458 e. The number of piperidine rings is 1. The van der Waals surface area contributed by atoms with Crippen LogP contribution >= 0.6 is 0 Å². The summed E-state index contributed by atoms with van der Waals surface area (Å²) in [5, 5.41) is 0. The number of ether oxygens (including phenoxy) is 1. The lowest BCUT2D eigenvalue weighted by molar-refractivity contribution is -0.242. The molecule has 25 heavy (non-hydrogen) atoms. The molecular formula is C22H31NO2. The molecule has 3 saturated heterocycles. The molecule has 0 N–H and O–H groups in total. The van der Waals surface area contributed by atoms with E-state index >= 15 is 0 Å². The molecule has 3 aliphatic heterocycles. The highest BCUT2D eigenvalue weighted by Gasteiger charge is 2.73. The van der Waals surface area contributed by atoms with E-state index in [1.807, 2.05) is 0 Å². The molecule has 0 aromatic carbocycles. The smallest absolute Gasteiger partial charge is 0.306 e. The van der Waals surface area contributed by atoms with Crippen LogP contribution in [0, 0.1) is 29.1 Å². The van der Waals surface area contributed by atoms with E-state index < -0.39 is 0 Å². The molecule has 0 aromatic rings. The van der Waals surface area contributed by atoms with Crippen molar-refractivity contribution >= 4 is 5.97 Å². The zero-order chi connectivity index (χ0) is 17.0. The van der Waals surface area contributed by atoms with Gasteiger partial charge >= 0.3 is 5.97 Å². The van der Waals surface area contributed by atoms with Crippen molar-refractivity contribution in [3.63, 3.8) is 0 Å². The second kappa shape index (κ2) is 4.71. The van der Waals surface area contributed by atoms with Gasteiger partial charge in [-0.1, -0.05) is 18.6 Å². The van der Waals surface area contributed by atoms with Gasteiger partial charge in [0.1, 0.15) is 5.60 Å². The van der Waals surface area contributed by atoms with Crippen LogP contribution in [0.4, 0.5) is 0 Å². The number of fused-ring (bicyclic) bond motifs is 5. The van der Waals surface area contributed by atoms with E-state index in [9.17, 15) is 4.79 Å². The summed E-state index contributed by atoms with van der Waals surface area (Å²) in [7, 11) is 0. The van der Waals surface area contributed by atoms with Crippen molar-refractivity contribution < 1.29 is 9.53 Å². The topological polar surface area (TPSA) is 29.5 Å². The molecule has 6 rings (SSSR count). The highest BCUT2D eigenvalue weighted by Crippen LogP contribution is 2.69. The average Bonchev–Trinajstić information content (AvgIpc) is 3.27. The standard InChI is InChI=1S/C22H31NO2/c1-13-12-23-19-16-5-3-4-14(16)6-7-17(19)21(2)22(11-9-18(24)25-21)10-8-15(13)20(22)23/h5,13-15,17,19-20H,3-4,6-12H2,1-2H3/t13?,14-,15?,17-,19-,20-,21-,22+/m1/s1. The number of rotatable bonds is 0. The van der Waals surface area contributed by atoms with Crippen molar-refractivity contribution in [3.8, 4) is 0 Å². The molecule has 136 valence electrons. The fraction of sp³-hybridized carbons (Fsp3) is 0.864. The predicted molar refractivity (Wildman–Crippen MR) is 95.9 cm³/mol. The minimum atomic E-state index is -0.235. The van der Waals surface area contributed by atoms with Gasteiger partial charge in [-0.2, -0.15) is 0 Å². The molecule has 0 amide bonds. The molecule has 0 aromatic heterocycles. The summed E-state index contributed by atoms with van der Waals surface area (Å²) in [6.07, 6.45) is 12.1. The molecule has 3 nitrogen and oxygen atoms in total. The van der Waals surface area contributed by atoms with Crippen LogP contribution < -0.4 is 0 Å². The van der Waals surface area contributed by atoms with Crippen molar-refractivity contribution in [2.24, 2.45) is 29.1 Å². The summed E-state index contributed by atoms with van der Waals surface area (Å²) in [4.78, 5) is 15.3. The number of esters is 1. The van der Waals surface area contributed by atoms with Gasteiger partial charge < -0.3 is 4.74 Å². The molecule has 8 atom stereocenters. The summed E-state index contributed by atoms with van der Waals surface area (Å²) < 4.78 is 6.37. The van der Waals surface area contributed by atoms with Crippen LogP contribution in [0.2, 0.25) is 0 Å². The van der Waals surface area contributed by atoms with Crippen molar-refractivity contribution in [2.75, 3.05) is 6.54 Å². The SMILES string of the molecule is CC1CN2[C@@H]3C4=CCC[C@@H]4CC[C@H]3[C@@]3(C)OC(=O)CC[C@]34CCC1[C@@H]24. The van der Waals surface area contributed by atoms with Gasteiger partial charge in [0.15, 0.2) is 0 Å². The quantitative estimate of drug-likeness (QED) is 0.494. The Kier molecular flexibility index (Phi) is 2.87. The third-order valence-electron chi connectivity index (χ3n) is 9.55. The molecule has 2 saturated carbocycles. The average molecular weight is 341 g/mol. The van der Waals surface area contributed by atoms with Crippen LogP contribution in [-0.4, -0.2) is 35.1 Å². The van der Waals surface area contributed by atoms with Crippen LogP contribution in [0.15, 0.2) is 11.6 Å². The molecule has 1 spiro atoms. The van der Waals surface area contributed by atoms with Crippen LogP contribution in [-0.2, 0) is 9.53 Å². The number of carbonyl (C=O) groups is 1. The fourth-order valence-corrected chi connectivity index (χ4v) is 8.62. The van der Waals surface area contributed by atoms with E-state index in [0.29, 0.717) is 24.4 Å². The summed E-state index contributed by atoms with van der Waals surface area (Å²) in [6.45, 7) is 6.10. The number of hydrogen-bond donors (Lipinski definition) is 0. The van der Waals surface area contributed by atoms with Crippen LogP contribution in [0.5, 0.6) is 0 Å². The van der Waals surface area contributed by atoms with Crippen LogP contribution in [0.25, 0.3) is 0 Å². The second-order valence-electron chi connectivity index (χ2n) is 10.2. The molecular weight excluding hydrogens is 310 g/mol. The van der Waals surface area contributed by atoms with Gasteiger partial charge in [0.25, 0.3) is 0 Å². The number of allylic oxidation sites excluding steroid dienone is 1. The van der Waals surface area contributed by atoms with Gasteiger partial charge in [-0.25, -0.2) is 0 Å². The highest BCUT2D eigenvalue weighted by molar-refractivity contribution is 5.71. The van der Waals surface area contributed by atoms with Crippen LogP contribution in [0.3, 0.4) is 0 Å². The lowest BCUT2D eigenvalue weighted by Crippen LogP contribution is -2.73. The molecule has 3 heteroatoms. The van der Waals surface area contributed by atoms with Gasteiger partial charge in [-0.05, 0) is 69.6 Å². The maximum atomic E-state index is 12.4. The Balaban J connectivity index is 1.54. The lowest BCUT2D eigenvalue weighted by atomic mass is 9.52. The zero-order valence-corrected chi connectivity index (χ0v) is 15.7. The summed E-state index contributed by atoms with van der Waals surface area (Å²) in [6, 6.07) is 1.21. The first-order valence-corrected chi connectivity index (χ1v) is 10.7. The van der Waals surface area contributed by atoms with Crippen molar-refractivity contribution in [1.82, 2.24) is 4.90 Å². The Morgan fingerprint density at radius 3 is 2.96 bits per heavy atom. The minimum absolute atomic E-state index is 0.0670. The third-order valence-corrected chi connectivity index (χ3v) is 9.55. The second-order valence-corrected chi connectivity index (χ2v) is 10.2. The Morgan fingerprint density at radius 1 is 1.20 bits per heavy atom. The third kappa shape index (κ3) is 1.62. The maximum absolute atomic E-state index is 12.4. The first-order chi connectivity index (χ1) is 12.1. The first kappa shape index (κ1) is 15.2. The normalized spacial score (nSPS) is 56.6. The zero-order valence-electron chi connectivity index (χ0n) is 15.7. The van der Waals surface area contributed by atoms with Gasteiger partial charge in [-0.15, -0.1) is 0 Å². The fourth-order valence-electron chi connectivity index (χ4n) is 8.62. The Morgan fingerprint density at radius 2 is 2.08 bits per heavy atom. The Bertz CT molecular complexity index is 671. The number of carbonyl (C=O) groups excluding carboxylic acids is 1. The lowest BCUT2D eigenvalue weighted by Gasteiger charge is -2.65. The van der Waals surface area contributed by atoms with Crippen molar-refractivity contribution in [3.05, 3.63) is 11.6 Å². The van der Waals surface area contributed by atoms with E-state index in [1.54, 1.807) is 5.57 Å². The molecule has 2 unspecified atom stereocenters. The Hall–Kier alpha value is -0.830. The monoisotopic (exact) mass is 341 g/mol. The highest BCUT2D eigenvalue weighted by atomic mass is 16.6. The first-order valence-electron chi connectivity index (χ1n) is 10.7. The number of nitrogens with zero attached hydrogens (tertiary/aromatic N) is 1. The maximum Gasteiger partial charge on any atom is 0.306 e. The largest absolute Gasteiger partial charge is 0.458 e. The Labute approximate surface area is 151 Å². The molecule has 5 fully saturated rings. The van der Waals surface area contributed by atoms with Crippen LogP contribution in [0.1, 0.15) is 65.2 Å². The van der Waals surface area contributed by atoms with E-state index in [4.69, 9.17) is 4.74 Å². The van der Waals surface area contributed by atoms with E-state index in [-0.39, 0.29) is 17.0 Å². The predicted octanol–water partition coefficient (Wildman–Crippen LogP) is 3.93. The van der Waals surface area contributed by atoms with E-state index in [1.165, 1.54) is 45.1 Å². The molecule has 3 aliphatic carbocycles. The molecule has 0 bridgehead atoms. The molecule has 6 aliphatic rings. The summed E-state index contributed by atoms with van der Waals surface area (Å²) in [5.74, 6) is 3.01. The van der Waals surface area contributed by atoms with Gasteiger partial charge in [0, 0.05) is 36.4 Å². The molecule has 3 heterocycles. The van der Waals surface area contributed by atoms with Gasteiger partial charge in [0.05, 0.1) is 0 Å². The van der Waals surface area contributed by atoms with Gasteiger partial charge in [0.2, 0.25) is 0 Å². The summed E-state index contributed by atoms with van der Waals surface area (Å²) >= 11 is 0.